The van der Waals surface area contributed by atoms with E-state index in [2.05, 4.69) is 50.2 Å². The number of rotatable bonds is 37. The van der Waals surface area contributed by atoms with Gasteiger partial charge in [0, 0.05) is 25.7 Å². The molecule has 0 aliphatic heterocycles. The first-order chi connectivity index (χ1) is 21.2. The van der Waals surface area contributed by atoms with Gasteiger partial charge in [-0.3, -0.25) is 5.43 Å². The zero-order valence-corrected chi connectivity index (χ0v) is 31.0. The molecule has 1 N–H and O–H groups in total. The Hall–Kier alpha value is -0.120. The Morgan fingerprint density at radius 1 is 0.372 bits per heavy atom. The highest BCUT2D eigenvalue weighted by Crippen LogP contribution is 2.19. The van der Waals surface area contributed by atoms with Gasteiger partial charge in [0.25, 0.3) is 0 Å². The summed E-state index contributed by atoms with van der Waals surface area (Å²) in [6.45, 7) is 10.4. The number of hydrazine groups is 1. The van der Waals surface area contributed by atoms with Crippen molar-refractivity contribution in [3.63, 3.8) is 0 Å². The van der Waals surface area contributed by atoms with Crippen LogP contribution in [-0.4, -0.2) is 49.7 Å². The van der Waals surface area contributed by atoms with Crippen molar-refractivity contribution in [2.75, 3.05) is 33.7 Å². The van der Waals surface area contributed by atoms with Crippen molar-refractivity contribution in [2.24, 2.45) is 0 Å². The van der Waals surface area contributed by atoms with E-state index in [0.717, 1.165) is 19.6 Å². The Balaban J connectivity index is 4.23. The molecule has 0 heterocycles. The predicted molar refractivity (Wildman–Crippen MR) is 197 cm³/mol. The van der Waals surface area contributed by atoms with Gasteiger partial charge < -0.3 is 4.90 Å². The monoisotopic (exact) mass is 608 g/mol. The second kappa shape index (κ2) is 36.3. The van der Waals surface area contributed by atoms with E-state index in [1.807, 2.05) is 0 Å². The molecule has 0 amide bonds. The Morgan fingerprint density at radius 2 is 0.674 bits per heavy atom. The van der Waals surface area contributed by atoms with Crippen molar-refractivity contribution < 1.29 is 0 Å². The van der Waals surface area contributed by atoms with E-state index in [-0.39, 0.29) is 0 Å². The minimum atomic E-state index is 0.711. The molecule has 0 bridgehead atoms. The zero-order valence-electron chi connectivity index (χ0n) is 31.0. The molecule has 0 saturated carbocycles. The number of hydrogen-bond donors (Lipinski definition) is 1. The Morgan fingerprint density at radius 3 is 1.00 bits per heavy atom. The fraction of sp³-hybridized carbons (Fsp3) is 1.00. The lowest BCUT2D eigenvalue weighted by molar-refractivity contribution is 0.0951. The van der Waals surface area contributed by atoms with E-state index in [4.69, 9.17) is 0 Å². The molecule has 3 heteroatoms. The van der Waals surface area contributed by atoms with Crippen LogP contribution in [0.5, 0.6) is 0 Å². The lowest BCUT2D eigenvalue weighted by atomic mass is 9.99. The summed E-state index contributed by atoms with van der Waals surface area (Å²) in [4.78, 5) is 2.36. The van der Waals surface area contributed by atoms with Crippen LogP contribution in [0, 0.1) is 0 Å². The van der Waals surface area contributed by atoms with E-state index in [1.165, 1.54) is 199 Å². The summed E-state index contributed by atoms with van der Waals surface area (Å²) in [5, 5.41) is 2.69. The molecule has 0 fully saturated rings. The maximum Gasteiger partial charge on any atom is 0.0261 e. The fourth-order valence-electron chi connectivity index (χ4n) is 6.55. The van der Waals surface area contributed by atoms with Crippen molar-refractivity contribution >= 4 is 0 Å². The molecule has 0 aromatic carbocycles. The van der Waals surface area contributed by atoms with Gasteiger partial charge in [-0.25, -0.2) is 5.01 Å². The zero-order chi connectivity index (χ0) is 31.5. The Labute approximate surface area is 274 Å². The van der Waals surface area contributed by atoms with Gasteiger partial charge >= 0.3 is 0 Å². The molecule has 43 heavy (non-hydrogen) atoms. The van der Waals surface area contributed by atoms with Crippen LogP contribution in [0.4, 0.5) is 0 Å². The average Bonchev–Trinajstić information content (AvgIpc) is 3.00. The van der Waals surface area contributed by atoms with Gasteiger partial charge in [0.05, 0.1) is 0 Å². The average molecular weight is 608 g/mol. The quantitative estimate of drug-likeness (QED) is 0.0560. The molecule has 1 unspecified atom stereocenters. The topological polar surface area (TPSA) is 18.5 Å². The summed E-state index contributed by atoms with van der Waals surface area (Å²) in [5.74, 6) is 0. The lowest BCUT2D eigenvalue weighted by Gasteiger charge is -2.33. The molecule has 0 aliphatic rings. The summed E-state index contributed by atoms with van der Waals surface area (Å²) >= 11 is 0. The summed E-state index contributed by atoms with van der Waals surface area (Å²) in [6, 6.07) is 0.711. The highest BCUT2D eigenvalue weighted by Gasteiger charge is 2.18. The van der Waals surface area contributed by atoms with Crippen molar-refractivity contribution in [1.29, 1.82) is 0 Å². The molecule has 0 aromatic rings. The van der Waals surface area contributed by atoms with Gasteiger partial charge in [0.2, 0.25) is 0 Å². The van der Waals surface area contributed by atoms with Gasteiger partial charge in [-0.2, -0.15) is 0 Å². The second-order valence-corrected chi connectivity index (χ2v) is 14.3. The highest BCUT2D eigenvalue weighted by atomic mass is 15.5. The van der Waals surface area contributed by atoms with Crippen molar-refractivity contribution in [1.82, 2.24) is 15.3 Å². The normalized spacial score (nSPS) is 12.6. The largest absolute Gasteiger partial charge is 0.308 e. The van der Waals surface area contributed by atoms with Crippen LogP contribution < -0.4 is 5.43 Å². The third-order valence-corrected chi connectivity index (χ3v) is 9.61. The van der Waals surface area contributed by atoms with Crippen molar-refractivity contribution in [3.05, 3.63) is 0 Å². The molecule has 0 spiro atoms. The summed E-state index contributed by atoms with van der Waals surface area (Å²) in [7, 11) is 4.46. The third kappa shape index (κ3) is 33.1. The lowest BCUT2D eigenvalue weighted by Crippen LogP contribution is -2.49. The Bertz CT molecular complexity index is 494. The van der Waals surface area contributed by atoms with Gasteiger partial charge in [0.15, 0.2) is 0 Å². The first kappa shape index (κ1) is 42.9. The first-order valence-electron chi connectivity index (χ1n) is 20.3. The van der Waals surface area contributed by atoms with Crippen molar-refractivity contribution in [2.45, 2.75) is 226 Å². The van der Waals surface area contributed by atoms with Gasteiger partial charge in [-0.15, -0.1) is 0 Å². The minimum absolute atomic E-state index is 0.711. The predicted octanol–water partition coefficient (Wildman–Crippen LogP) is 12.9. The van der Waals surface area contributed by atoms with Crippen LogP contribution in [0.2, 0.25) is 0 Å². The SMILES string of the molecule is CCCCCCCCCCCCCCCCCCNN(CCN(C)C)C(CCCCCCCC)CCCCCCCCC. The smallest absolute Gasteiger partial charge is 0.0261 e. The van der Waals surface area contributed by atoms with Crippen LogP contribution in [0.25, 0.3) is 0 Å². The maximum atomic E-state index is 3.96. The molecular weight excluding hydrogens is 522 g/mol. The minimum Gasteiger partial charge on any atom is -0.308 e. The number of likely N-dealkylation sites (N-methyl/N-ethyl adjacent to an activating group) is 1. The van der Waals surface area contributed by atoms with Crippen LogP contribution in [-0.2, 0) is 0 Å². The summed E-state index contributed by atoms with van der Waals surface area (Å²) in [6.07, 6.45) is 44.2. The molecule has 260 valence electrons. The molecule has 0 rings (SSSR count). The van der Waals surface area contributed by atoms with Gasteiger partial charge in [-0.05, 0) is 33.4 Å². The van der Waals surface area contributed by atoms with Gasteiger partial charge in [-0.1, -0.05) is 201 Å². The van der Waals surface area contributed by atoms with E-state index in [9.17, 15) is 0 Å². The molecular formula is C40H85N3. The molecule has 0 radical (unpaired) electrons. The van der Waals surface area contributed by atoms with E-state index >= 15 is 0 Å². The van der Waals surface area contributed by atoms with Crippen LogP contribution >= 0.6 is 0 Å². The van der Waals surface area contributed by atoms with Crippen LogP contribution in [0.3, 0.4) is 0 Å². The maximum absolute atomic E-state index is 3.96. The van der Waals surface area contributed by atoms with Crippen LogP contribution in [0.15, 0.2) is 0 Å². The molecule has 0 aliphatic carbocycles. The molecule has 3 nitrogen and oxygen atoms in total. The third-order valence-electron chi connectivity index (χ3n) is 9.61. The van der Waals surface area contributed by atoms with Crippen LogP contribution in [0.1, 0.15) is 220 Å². The van der Waals surface area contributed by atoms with E-state index in [1.54, 1.807) is 0 Å². The summed E-state index contributed by atoms with van der Waals surface area (Å²) < 4.78 is 0. The highest BCUT2D eigenvalue weighted by molar-refractivity contribution is 4.71. The number of unbranched alkanes of at least 4 members (excludes halogenated alkanes) is 26. The number of nitrogens with zero attached hydrogens (tertiary/aromatic N) is 2. The molecule has 0 aromatic heterocycles. The number of hydrogen-bond acceptors (Lipinski definition) is 3. The second-order valence-electron chi connectivity index (χ2n) is 14.3. The van der Waals surface area contributed by atoms with E-state index < -0.39 is 0 Å². The summed E-state index contributed by atoms with van der Waals surface area (Å²) in [5.41, 5.74) is 3.96. The molecule has 0 saturated heterocycles. The first-order valence-corrected chi connectivity index (χ1v) is 20.3. The Kier molecular flexibility index (Phi) is 36.2. The number of nitrogens with one attached hydrogen (secondary N) is 1. The fourth-order valence-corrected chi connectivity index (χ4v) is 6.55. The molecule has 1 atom stereocenters. The van der Waals surface area contributed by atoms with Crippen molar-refractivity contribution in [3.8, 4) is 0 Å². The van der Waals surface area contributed by atoms with Gasteiger partial charge in [0.1, 0.15) is 0 Å². The van der Waals surface area contributed by atoms with E-state index in [0.29, 0.717) is 6.04 Å². The standard InChI is InChI=1S/C40H85N3/c1-6-9-12-15-18-19-20-21-22-23-24-25-26-28-31-34-37-41-43(39-38-42(4)5)40(35-32-29-17-14-11-8-3)36-33-30-27-16-13-10-7-2/h40-41H,6-39H2,1-5H3.